The third-order valence-corrected chi connectivity index (χ3v) is 1.46. The molecule has 0 aliphatic rings. The van der Waals surface area contributed by atoms with Crippen LogP contribution in [0, 0.1) is 11.3 Å². The van der Waals surface area contributed by atoms with Gasteiger partial charge in [0.25, 0.3) is 5.82 Å². The maximum atomic E-state index is 8.46. The molecule has 0 fully saturated rings. The lowest BCUT2D eigenvalue weighted by Crippen LogP contribution is -1.99. The van der Waals surface area contributed by atoms with Gasteiger partial charge in [0.15, 0.2) is 0 Å². The number of nitriles is 1. The minimum Gasteiger partial charge on any atom is -0.364 e. The highest BCUT2D eigenvalue weighted by Crippen LogP contribution is 1.99. The highest BCUT2D eigenvalue weighted by Gasteiger charge is 2.00. The number of aromatic nitrogens is 4. The molecule has 2 aromatic rings. The predicted molar refractivity (Wildman–Crippen MR) is 40.3 cm³/mol. The number of rotatable bonds is 2. The zero-order valence-electron chi connectivity index (χ0n) is 6.58. The van der Waals surface area contributed by atoms with Gasteiger partial charge in [-0.15, -0.1) is 5.10 Å². The third kappa shape index (κ3) is 1.54. The summed E-state index contributed by atoms with van der Waals surface area (Å²) in [7, 11) is 0. The predicted octanol–water partition coefficient (Wildman–Crippen LogP) is 0.186. The molecule has 6 nitrogen and oxygen atoms in total. The first-order chi connectivity index (χ1) is 6.38. The van der Waals surface area contributed by atoms with Crippen molar-refractivity contribution in [2.45, 2.75) is 6.54 Å². The minimum atomic E-state index is 0.163. The number of nitrogens with zero attached hydrogens (tertiary/aromatic N) is 5. The molecule has 13 heavy (non-hydrogen) atoms. The van der Waals surface area contributed by atoms with Crippen molar-refractivity contribution in [1.82, 2.24) is 19.9 Å². The smallest absolute Gasteiger partial charge is 0.252 e. The zero-order chi connectivity index (χ0) is 9.10. The van der Waals surface area contributed by atoms with Gasteiger partial charge in [-0.25, -0.2) is 9.67 Å². The molecule has 6 heteroatoms. The molecule has 0 unspecified atom stereocenters. The fraction of sp³-hybridized carbons (Fsp3) is 0.143. The Balaban J connectivity index is 2.15. The molecule has 0 aliphatic carbocycles. The summed E-state index contributed by atoms with van der Waals surface area (Å²) in [5, 5.41) is 15.9. The molecule has 0 bridgehead atoms. The van der Waals surface area contributed by atoms with Crippen LogP contribution in [0.4, 0.5) is 0 Å². The topological polar surface area (TPSA) is 80.5 Å². The van der Waals surface area contributed by atoms with E-state index in [4.69, 9.17) is 5.26 Å². The number of hydrogen-bond acceptors (Lipinski definition) is 5. The first-order valence-electron chi connectivity index (χ1n) is 3.56. The van der Waals surface area contributed by atoms with Crippen LogP contribution in [-0.2, 0) is 6.54 Å². The summed E-state index contributed by atoms with van der Waals surface area (Å²) in [6, 6.07) is 1.84. The van der Waals surface area contributed by atoms with Crippen molar-refractivity contribution in [3.8, 4) is 6.07 Å². The second kappa shape index (κ2) is 3.06. The fourth-order valence-electron chi connectivity index (χ4n) is 0.914. The van der Waals surface area contributed by atoms with E-state index in [1.165, 1.54) is 12.6 Å². The van der Waals surface area contributed by atoms with Gasteiger partial charge < -0.3 is 4.52 Å². The highest BCUT2D eigenvalue weighted by molar-refractivity contribution is 5.07. The molecule has 2 heterocycles. The molecule has 0 saturated heterocycles. The van der Waals surface area contributed by atoms with Crippen LogP contribution in [0.15, 0.2) is 23.3 Å². The van der Waals surface area contributed by atoms with Crippen molar-refractivity contribution < 1.29 is 4.52 Å². The van der Waals surface area contributed by atoms with Crippen LogP contribution < -0.4 is 0 Å². The van der Waals surface area contributed by atoms with E-state index in [1.54, 1.807) is 10.9 Å². The van der Waals surface area contributed by atoms with Crippen LogP contribution in [0.2, 0.25) is 0 Å². The molecule has 0 radical (unpaired) electrons. The molecule has 64 valence electrons. The molecular weight excluding hydrogens is 170 g/mol. The largest absolute Gasteiger partial charge is 0.364 e. The monoisotopic (exact) mass is 175 g/mol. The Bertz CT molecular complexity index is 424. The molecule has 0 amide bonds. The lowest BCUT2D eigenvalue weighted by molar-refractivity contribution is 0.418. The van der Waals surface area contributed by atoms with Crippen molar-refractivity contribution in [2.75, 3.05) is 0 Å². The first kappa shape index (κ1) is 7.49. The van der Waals surface area contributed by atoms with Crippen LogP contribution >= 0.6 is 0 Å². The second-order valence-corrected chi connectivity index (χ2v) is 2.41. The molecular formula is C7H5N5O. The van der Waals surface area contributed by atoms with E-state index in [2.05, 4.69) is 19.8 Å². The maximum Gasteiger partial charge on any atom is 0.252 e. The average Bonchev–Trinajstić information content (AvgIpc) is 2.76. The van der Waals surface area contributed by atoms with Crippen LogP contribution in [-0.4, -0.2) is 19.9 Å². The summed E-state index contributed by atoms with van der Waals surface area (Å²) in [6.45, 7) is 0.512. The number of hydrogen-bond donors (Lipinski definition) is 0. The Morgan fingerprint density at radius 2 is 2.54 bits per heavy atom. The molecule has 0 aromatic carbocycles. The van der Waals surface area contributed by atoms with Crippen LogP contribution in [0.5, 0.6) is 0 Å². The van der Waals surface area contributed by atoms with Gasteiger partial charge in [-0.2, -0.15) is 5.26 Å². The molecule has 0 atom stereocenters. The van der Waals surface area contributed by atoms with Gasteiger partial charge >= 0.3 is 0 Å². The van der Waals surface area contributed by atoms with E-state index in [0.29, 0.717) is 6.54 Å². The van der Waals surface area contributed by atoms with E-state index >= 15 is 0 Å². The molecule has 0 N–H and O–H groups in total. The summed E-state index contributed by atoms with van der Waals surface area (Å²) in [4.78, 5) is 3.75. The van der Waals surface area contributed by atoms with Gasteiger partial charge in [0.2, 0.25) is 0 Å². The van der Waals surface area contributed by atoms with Gasteiger partial charge in [-0.3, -0.25) is 0 Å². The standard InChI is InChI=1S/C7H5N5O/c8-1-7-9-5-12(11-7)3-6-2-10-13-4-6/h2,4-5H,3H2. The van der Waals surface area contributed by atoms with E-state index in [1.807, 2.05) is 6.07 Å². The van der Waals surface area contributed by atoms with Crippen molar-refractivity contribution in [3.63, 3.8) is 0 Å². The molecule has 0 saturated carbocycles. The van der Waals surface area contributed by atoms with Crippen LogP contribution in [0.3, 0.4) is 0 Å². The average molecular weight is 175 g/mol. The lowest BCUT2D eigenvalue weighted by atomic mass is 10.4. The normalized spacial score (nSPS) is 9.77. The van der Waals surface area contributed by atoms with Gasteiger partial charge in [0.1, 0.15) is 18.7 Å². The van der Waals surface area contributed by atoms with Crippen LogP contribution in [0.1, 0.15) is 11.4 Å². The second-order valence-electron chi connectivity index (χ2n) is 2.41. The molecule has 2 aromatic heterocycles. The Morgan fingerprint density at radius 1 is 1.62 bits per heavy atom. The molecule has 0 spiro atoms. The summed E-state index contributed by atoms with van der Waals surface area (Å²) in [6.07, 6.45) is 4.60. The fourth-order valence-corrected chi connectivity index (χ4v) is 0.914. The Hall–Kier alpha value is -2.16. The summed E-state index contributed by atoms with van der Waals surface area (Å²) in [5.74, 6) is 0.163. The van der Waals surface area contributed by atoms with Crippen molar-refractivity contribution in [2.24, 2.45) is 0 Å². The first-order valence-corrected chi connectivity index (χ1v) is 3.56. The zero-order valence-corrected chi connectivity index (χ0v) is 6.58. The minimum absolute atomic E-state index is 0.163. The van der Waals surface area contributed by atoms with Crippen molar-refractivity contribution in [3.05, 3.63) is 30.2 Å². The lowest BCUT2D eigenvalue weighted by Gasteiger charge is -1.92. The van der Waals surface area contributed by atoms with Crippen LogP contribution in [0.25, 0.3) is 0 Å². The van der Waals surface area contributed by atoms with Crippen molar-refractivity contribution in [1.29, 1.82) is 5.26 Å². The van der Waals surface area contributed by atoms with E-state index in [-0.39, 0.29) is 5.82 Å². The SMILES string of the molecule is N#Cc1ncn(Cc2cnoc2)n1. The summed E-state index contributed by atoms with van der Waals surface area (Å²) < 4.78 is 6.19. The molecule has 2 rings (SSSR count). The summed E-state index contributed by atoms with van der Waals surface area (Å²) in [5.41, 5.74) is 0.884. The van der Waals surface area contributed by atoms with Gasteiger partial charge in [-0.05, 0) is 0 Å². The van der Waals surface area contributed by atoms with Gasteiger partial charge in [0.05, 0.1) is 12.7 Å². The quantitative estimate of drug-likeness (QED) is 0.650. The van der Waals surface area contributed by atoms with E-state index < -0.39 is 0 Å². The van der Waals surface area contributed by atoms with E-state index in [0.717, 1.165) is 5.56 Å². The van der Waals surface area contributed by atoms with E-state index in [9.17, 15) is 0 Å². The van der Waals surface area contributed by atoms with Crippen molar-refractivity contribution >= 4 is 0 Å². The maximum absolute atomic E-state index is 8.46. The Kier molecular flexibility index (Phi) is 1.77. The summed E-state index contributed by atoms with van der Waals surface area (Å²) >= 11 is 0. The Morgan fingerprint density at radius 3 is 3.15 bits per heavy atom. The third-order valence-electron chi connectivity index (χ3n) is 1.46. The Labute approximate surface area is 73.4 Å². The molecule has 0 aliphatic heterocycles. The highest BCUT2D eigenvalue weighted by atomic mass is 16.5. The van der Waals surface area contributed by atoms with Gasteiger partial charge in [0, 0.05) is 5.56 Å². The van der Waals surface area contributed by atoms with Gasteiger partial charge in [-0.1, -0.05) is 5.16 Å².